The Hall–Kier alpha value is -1.31. The second-order valence-corrected chi connectivity index (χ2v) is 4.15. The molecule has 1 aromatic heterocycles. The Bertz CT molecular complexity index is 415. The summed E-state index contributed by atoms with van der Waals surface area (Å²) < 4.78 is 0. The van der Waals surface area contributed by atoms with Crippen LogP contribution in [0.2, 0.25) is 0 Å². The van der Waals surface area contributed by atoms with E-state index in [1.165, 1.54) is 17.5 Å². The summed E-state index contributed by atoms with van der Waals surface area (Å²) in [5.74, 6) is 0.747. The van der Waals surface area contributed by atoms with E-state index >= 15 is 0 Å². The number of aryl methyl sites for hydroxylation is 1. The minimum absolute atomic E-state index is 0.747. The van der Waals surface area contributed by atoms with E-state index in [1.807, 2.05) is 12.1 Å². The molecule has 2 aromatic rings. The predicted octanol–water partition coefficient (Wildman–Crippen LogP) is 3.15. The molecule has 0 aliphatic heterocycles. The highest BCUT2D eigenvalue weighted by Gasteiger charge is 2.04. The summed E-state index contributed by atoms with van der Waals surface area (Å²) in [6.45, 7) is 4.50. The van der Waals surface area contributed by atoms with Gasteiger partial charge in [-0.15, -0.1) is 0 Å². The average molecular weight is 188 g/mol. The van der Waals surface area contributed by atoms with Crippen molar-refractivity contribution in [2.45, 2.75) is 26.7 Å². The van der Waals surface area contributed by atoms with Crippen molar-refractivity contribution in [1.82, 2.24) is 10.2 Å². The number of H-pyrrole nitrogens is 1. The molecule has 0 saturated heterocycles. The van der Waals surface area contributed by atoms with E-state index in [0.717, 1.165) is 17.9 Å². The zero-order valence-electron chi connectivity index (χ0n) is 8.75. The lowest BCUT2D eigenvalue weighted by atomic mass is 10.0. The van der Waals surface area contributed by atoms with Crippen molar-refractivity contribution in [2.75, 3.05) is 0 Å². The van der Waals surface area contributed by atoms with E-state index in [-0.39, 0.29) is 0 Å². The second-order valence-electron chi connectivity index (χ2n) is 4.15. The van der Waals surface area contributed by atoms with Crippen molar-refractivity contribution in [3.05, 3.63) is 30.0 Å². The van der Waals surface area contributed by atoms with E-state index in [0.29, 0.717) is 0 Å². The first kappa shape index (κ1) is 9.25. The molecule has 0 saturated carbocycles. The van der Waals surface area contributed by atoms with Crippen LogP contribution in [0.4, 0.5) is 0 Å². The van der Waals surface area contributed by atoms with Gasteiger partial charge in [-0.25, -0.2) is 0 Å². The standard InChI is InChI=1S/C12H16N2/c1-9(2)7-8-12-10-5-3-4-6-11(10)13-14-12/h3-6,9H,7-8H2,1-2H3,(H,13,14). The van der Waals surface area contributed by atoms with Crippen LogP contribution in [0.15, 0.2) is 24.3 Å². The molecule has 0 aliphatic rings. The molecule has 74 valence electrons. The van der Waals surface area contributed by atoms with Crippen LogP contribution in [-0.4, -0.2) is 10.2 Å². The maximum absolute atomic E-state index is 4.27. The third-order valence-corrected chi connectivity index (χ3v) is 2.51. The molecule has 0 spiro atoms. The molecule has 1 N–H and O–H groups in total. The molecule has 2 heteroatoms. The van der Waals surface area contributed by atoms with Gasteiger partial charge in [0, 0.05) is 11.1 Å². The Kier molecular flexibility index (Phi) is 2.53. The lowest BCUT2D eigenvalue weighted by Crippen LogP contribution is -1.92. The lowest BCUT2D eigenvalue weighted by Gasteiger charge is -2.02. The maximum Gasteiger partial charge on any atom is 0.0923 e. The molecule has 1 aromatic carbocycles. The van der Waals surface area contributed by atoms with Crippen LogP contribution in [0, 0.1) is 5.92 Å². The summed E-state index contributed by atoms with van der Waals surface area (Å²) in [7, 11) is 0. The molecule has 2 rings (SSSR count). The monoisotopic (exact) mass is 188 g/mol. The fourth-order valence-corrected chi connectivity index (χ4v) is 1.64. The largest absolute Gasteiger partial charge is 0.281 e. The summed E-state index contributed by atoms with van der Waals surface area (Å²) >= 11 is 0. The third kappa shape index (κ3) is 1.79. The first-order valence-corrected chi connectivity index (χ1v) is 5.19. The fourth-order valence-electron chi connectivity index (χ4n) is 1.64. The van der Waals surface area contributed by atoms with Crippen molar-refractivity contribution < 1.29 is 0 Å². The number of nitrogens with zero attached hydrogens (tertiary/aromatic N) is 1. The number of aromatic amines is 1. The number of para-hydroxylation sites is 1. The molecular formula is C12H16N2. The normalized spacial score (nSPS) is 11.4. The molecule has 0 radical (unpaired) electrons. The van der Waals surface area contributed by atoms with Crippen LogP contribution in [0.25, 0.3) is 10.9 Å². The number of benzene rings is 1. The van der Waals surface area contributed by atoms with Crippen LogP contribution in [-0.2, 0) is 6.42 Å². The van der Waals surface area contributed by atoms with Gasteiger partial charge in [-0.1, -0.05) is 32.0 Å². The van der Waals surface area contributed by atoms with Crippen molar-refractivity contribution in [3.8, 4) is 0 Å². The quantitative estimate of drug-likeness (QED) is 0.787. The number of hydrogen-bond acceptors (Lipinski definition) is 1. The van der Waals surface area contributed by atoms with Gasteiger partial charge in [0.25, 0.3) is 0 Å². The number of aromatic nitrogens is 2. The molecule has 0 aliphatic carbocycles. The molecule has 2 nitrogen and oxygen atoms in total. The van der Waals surface area contributed by atoms with Crippen molar-refractivity contribution >= 4 is 10.9 Å². The van der Waals surface area contributed by atoms with E-state index < -0.39 is 0 Å². The van der Waals surface area contributed by atoms with E-state index in [2.05, 4.69) is 36.2 Å². The molecule has 0 amide bonds. The summed E-state index contributed by atoms with van der Waals surface area (Å²) in [4.78, 5) is 0. The minimum Gasteiger partial charge on any atom is -0.281 e. The van der Waals surface area contributed by atoms with Gasteiger partial charge in [-0.05, 0) is 24.8 Å². The average Bonchev–Trinajstić information content (AvgIpc) is 2.58. The van der Waals surface area contributed by atoms with Gasteiger partial charge in [0.05, 0.1) is 5.52 Å². The number of rotatable bonds is 3. The van der Waals surface area contributed by atoms with Crippen LogP contribution < -0.4 is 0 Å². The van der Waals surface area contributed by atoms with Gasteiger partial charge in [0.2, 0.25) is 0 Å². The van der Waals surface area contributed by atoms with Crippen molar-refractivity contribution in [2.24, 2.45) is 5.92 Å². The molecule has 14 heavy (non-hydrogen) atoms. The lowest BCUT2D eigenvalue weighted by molar-refractivity contribution is 0.582. The zero-order chi connectivity index (χ0) is 9.97. The van der Waals surface area contributed by atoms with Crippen LogP contribution >= 0.6 is 0 Å². The summed E-state index contributed by atoms with van der Waals surface area (Å²) in [5, 5.41) is 8.66. The summed E-state index contributed by atoms with van der Waals surface area (Å²) in [6.07, 6.45) is 2.31. The molecule has 0 bridgehead atoms. The number of hydrogen-bond donors (Lipinski definition) is 1. The molecule has 0 fully saturated rings. The SMILES string of the molecule is CC(C)CCc1[nH]nc2ccccc12. The van der Waals surface area contributed by atoms with E-state index in [1.54, 1.807) is 0 Å². The molecule has 1 heterocycles. The third-order valence-electron chi connectivity index (χ3n) is 2.51. The van der Waals surface area contributed by atoms with Crippen LogP contribution in [0.3, 0.4) is 0 Å². The molecular weight excluding hydrogens is 172 g/mol. The Balaban J connectivity index is 2.25. The van der Waals surface area contributed by atoms with E-state index in [9.17, 15) is 0 Å². The first-order valence-electron chi connectivity index (χ1n) is 5.19. The topological polar surface area (TPSA) is 28.7 Å². The highest BCUT2D eigenvalue weighted by molar-refractivity contribution is 5.81. The highest BCUT2D eigenvalue weighted by Crippen LogP contribution is 2.17. The van der Waals surface area contributed by atoms with E-state index in [4.69, 9.17) is 0 Å². The maximum atomic E-state index is 4.27. The Labute approximate surface area is 84.3 Å². The van der Waals surface area contributed by atoms with Crippen LogP contribution in [0.5, 0.6) is 0 Å². The second kappa shape index (κ2) is 3.82. The van der Waals surface area contributed by atoms with Gasteiger partial charge >= 0.3 is 0 Å². The zero-order valence-corrected chi connectivity index (χ0v) is 8.75. The van der Waals surface area contributed by atoms with Crippen molar-refractivity contribution in [3.63, 3.8) is 0 Å². The Morgan fingerprint density at radius 3 is 2.86 bits per heavy atom. The number of nitrogens with one attached hydrogen (secondary N) is 1. The Morgan fingerprint density at radius 1 is 1.29 bits per heavy atom. The van der Waals surface area contributed by atoms with Crippen LogP contribution in [0.1, 0.15) is 26.0 Å². The van der Waals surface area contributed by atoms with Gasteiger partial charge < -0.3 is 0 Å². The number of fused-ring (bicyclic) bond motifs is 1. The Morgan fingerprint density at radius 2 is 2.07 bits per heavy atom. The van der Waals surface area contributed by atoms with Gasteiger partial charge in [-0.2, -0.15) is 5.10 Å². The van der Waals surface area contributed by atoms with Gasteiger partial charge in [0.15, 0.2) is 0 Å². The smallest absolute Gasteiger partial charge is 0.0923 e. The predicted molar refractivity (Wildman–Crippen MR) is 59.3 cm³/mol. The first-order chi connectivity index (χ1) is 6.77. The minimum atomic E-state index is 0.747. The van der Waals surface area contributed by atoms with Gasteiger partial charge in [-0.3, -0.25) is 5.10 Å². The highest BCUT2D eigenvalue weighted by atomic mass is 15.1. The molecule has 0 unspecified atom stereocenters. The molecule has 0 atom stereocenters. The van der Waals surface area contributed by atoms with Gasteiger partial charge in [0.1, 0.15) is 0 Å². The summed E-state index contributed by atoms with van der Waals surface area (Å²) in [5.41, 5.74) is 2.35. The summed E-state index contributed by atoms with van der Waals surface area (Å²) in [6, 6.07) is 8.27. The fraction of sp³-hybridized carbons (Fsp3) is 0.417. The van der Waals surface area contributed by atoms with Crippen molar-refractivity contribution in [1.29, 1.82) is 0 Å².